The Morgan fingerprint density at radius 3 is 2.69 bits per heavy atom. The van der Waals surface area contributed by atoms with Crippen molar-refractivity contribution in [1.29, 1.82) is 0 Å². The second kappa shape index (κ2) is 3.90. The highest BCUT2D eigenvalue weighted by Crippen LogP contribution is 2.14. The lowest BCUT2D eigenvalue weighted by molar-refractivity contribution is 0.112. The minimum absolute atomic E-state index is 0.681. The topological polar surface area (TPSA) is 20.3 Å². The van der Waals surface area contributed by atoms with Crippen LogP contribution in [0.25, 0.3) is 5.70 Å². The third-order valence-electron chi connectivity index (χ3n) is 1.90. The summed E-state index contributed by atoms with van der Waals surface area (Å²) in [7, 11) is 3.85. The number of benzene rings is 1. The molecule has 0 unspecified atom stereocenters. The number of carbonyl (C=O) groups excluding carboxylic acids is 1. The molecular formula is C11H13NO. The van der Waals surface area contributed by atoms with Gasteiger partial charge in [-0.25, -0.2) is 0 Å². The Bertz CT molecular complexity index is 329. The van der Waals surface area contributed by atoms with Crippen LogP contribution in [-0.4, -0.2) is 25.3 Å². The number of rotatable bonds is 3. The summed E-state index contributed by atoms with van der Waals surface area (Å²) in [4.78, 5) is 12.4. The Morgan fingerprint density at radius 2 is 2.15 bits per heavy atom. The molecule has 1 aromatic carbocycles. The van der Waals surface area contributed by atoms with Crippen LogP contribution in [0.15, 0.2) is 30.8 Å². The Hall–Kier alpha value is -1.57. The average molecular weight is 175 g/mol. The molecule has 0 saturated carbocycles. The molecule has 0 N–H and O–H groups in total. The van der Waals surface area contributed by atoms with E-state index in [1.54, 1.807) is 6.07 Å². The van der Waals surface area contributed by atoms with Crippen molar-refractivity contribution >= 4 is 12.0 Å². The standard InChI is InChI=1S/C11H13NO/c1-9(12(2)3)11-6-4-5-10(7-11)8-13/h4-8H,1H2,2-3H3. The average Bonchev–Trinajstić information content (AvgIpc) is 2.16. The molecule has 0 fully saturated rings. The summed E-state index contributed by atoms with van der Waals surface area (Å²) in [5.74, 6) is 0. The van der Waals surface area contributed by atoms with Crippen molar-refractivity contribution in [3.8, 4) is 0 Å². The molecule has 0 aliphatic carbocycles. The van der Waals surface area contributed by atoms with Crippen LogP contribution in [0.3, 0.4) is 0 Å². The van der Waals surface area contributed by atoms with Gasteiger partial charge in [0.05, 0.1) is 0 Å². The summed E-state index contributed by atoms with van der Waals surface area (Å²) < 4.78 is 0. The van der Waals surface area contributed by atoms with Crippen LogP contribution in [0.4, 0.5) is 0 Å². The third kappa shape index (κ3) is 2.18. The van der Waals surface area contributed by atoms with Crippen LogP contribution in [-0.2, 0) is 0 Å². The van der Waals surface area contributed by atoms with Crippen LogP contribution >= 0.6 is 0 Å². The first-order valence-corrected chi connectivity index (χ1v) is 4.07. The van der Waals surface area contributed by atoms with Gasteiger partial charge in [0.2, 0.25) is 0 Å². The predicted molar refractivity (Wildman–Crippen MR) is 54.6 cm³/mol. The van der Waals surface area contributed by atoms with Gasteiger partial charge in [0, 0.05) is 25.4 Å². The van der Waals surface area contributed by atoms with Crippen molar-refractivity contribution in [2.45, 2.75) is 0 Å². The molecule has 2 nitrogen and oxygen atoms in total. The fourth-order valence-corrected chi connectivity index (χ4v) is 1.05. The fourth-order valence-electron chi connectivity index (χ4n) is 1.05. The smallest absolute Gasteiger partial charge is 0.150 e. The molecule has 0 heterocycles. The highest BCUT2D eigenvalue weighted by atomic mass is 16.1. The quantitative estimate of drug-likeness (QED) is 0.655. The molecule has 13 heavy (non-hydrogen) atoms. The molecule has 0 radical (unpaired) electrons. The van der Waals surface area contributed by atoms with E-state index >= 15 is 0 Å². The number of carbonyl (C=O) groups is 1. The SMILES string of the molecule is C=C(c1cccc(C=O)c1)N(C)C. The van der Waals surface area contributed by atoms with E-state index in [0.29, 0.717) is 5.56 Å². The van der Waals surface area contributed by atoms with Gasteiger partial charge in [-0.15, -0.1) is 0 Å². The minimum atomic E-state index is 0.681. The van der Waals surface area contributed by atoms with Crippen molar-refractivity contribution in [2.24, 2.45) is 0 Å². The Labute approximate surface area is 78.5 Å². The van der Waals surface area contributed by atoms with E-state index in [0.717, 1.165) is 17.5 Å². The molecule has 0 saturated heterocycles. The number of nitrogens with zero attached hydrogens (tertiary/aromatic N) is 1. The van der Waals surface area contributed by atoms with Crippen LogP contribution in [0.1, 0.15) is 15.9 Å². The maximum Gasteiger partial charge on any atom is 0.150 e. The molecular weight excluding hydrogens is 162 g/mol. The number of aldehydes is 1. The lowest BCUT2D eigenvalue weighted by Crippen LogP contribution is -2.08. The fraction of sp³-hybridized carbons (Fsp3) is 0.182. The first-order valence-electron chi connectivity index (χ1n) is 4.07. The Kier molecular flexibility index (Phi) is 2.85. The number of hydrogen-bond acceptors (Lipinski definition) is 2. The zero-order valence-electron chi connectivity index (χ0n) is 7.95. The highest BCUT2D eigenvalue weighted by Gasteiger charge is 2.00. The first kappa shape index (κ1) is 9.52. The van der Waals surface area contributed by atoms with E-state index in [4.69, 9.17) is 0 Å². The molecule has 0 aliphatic rings. The lowest BCUT2D eigenvalue weighted by atomic mass is 10.1. The van der Waals surface area contributed by atoms with Crippen molar-refractivity contribution in [3.05, 3.63) is 42.0 Å². The van der Waals surface area contributed by atoms with Crippen molar-refractivity contribution in [2.75, 3.05) is 14.1 Å². The van der Waals surface area contributed by atoms with Gasteiger partial charge < -0.3 is 4.90 Å². The molecule has 1 aromatic rings. The summed E-state index contributed by atoms with van der Waals surface area (Å²) in [5.41, 5.74) is 2.57. The van der Waals surface area contributed by atoms with E-state index in [2.05, 4.69) is 6.58 Å². The zero-order valence-corrected chi connectivity index (χ0v) is 7.95. The highest BCUT2D eigenvalue weighted by molar-refractivity contribution is 5.77. The van der Waals surface area contributed by atoms with Gasteiger partial charge in [-0.05, 0) is 11.6 Å². The summed E-state index contributed by atoms with van der Waals surface area (Å²) in [6.45, 7) is 3.91. The van der Waals surface area contributed by atoms with Crippen molar-refractivity contribution in [1.82, 2.24) is 4.90 Å². The summed E-state index contributed by atoms with van der Waals surface area (Å²) >= 11 is 0. The maximum absolute atomic E-state index is 10.5. The van der Waals surface area contributed by atoms with Crippen LogP contribution in [0, 0.1) is 0 Å². The van der Waals surface area contributed by atoms with E-state index in [9.17, 15) is 4.79 Å². The van der Waals surface area contributed by atoms with Gasteiger partial charge in [0.1, 0.15) is 6.29 Å². The van der Waals surface area contributed by atoms with Crippen molar-refractivity contribution < 1.29 is 4.79 Å². The summed E-state index contributed by atoms with van der Waals surface area (Å²) in [5, 5.41) is 0. The second-order valence-electron chi connectivity index (χ2n) is 3.08. The molecule has 1 rings (SSSR count). The minimum Gasteiger partial charge on any atom is -0.378 e. The maximum atomic E-state index is 10.5. The number of hydrogen-bond donors (Lipinski definition) is 0. The molecule has 0 atom stereocenters. The third-order valence-corrected chi connectivity index (χ3v) is 1.90. The van der Waals surface area contributed by atoms with Gasteiger partial charge >= 0.3 is 0 Å². The molecule has 0 aliphatic heterocycles. The van der Waals surface area contributed by atoms with Gasteiger partial charge in [0.25, 0.3) is 0 Å². The normalized spacial score (nSPS) is 9.38. The zero-order chi connectivity index (χ0) is 9.84. The van der Waals surface area contributed by atoms with Crippen LogP contribution in [0.2, 0.25) is 0 Å². The molecule has 2 heteroatoms. The first-order chi connectivity index (χ1) is 6.15. The Balaban J connectivity index is 3.01. The van der Waals surface area contributed by atoms with Gasteiger partial charge in [-0.2, -0.15) is 0 Å². The van der Waals surface area contributed by atoms with E-state index < -0.39 is 0 Å². The van der Waals surface area contributed by atoms with E-state index in [1.807, 2.05) is 37.2 Å². The molecule has 0 amide bonds. The van der Waals surface area contributed by atoms with Gasteiger partial charge in [-0.1, -0.05) is 24.8 Å². The van der Waals surface area contributed by atoms with E-state index in [-0.39, 0.29) is 0 Å². The van der Waals surface area contributed by atoms with Gasteiger partial charge in [-0.3, -0.25) is 4.79 Å². The van der Waals surface area contributed by atoms with Crippen LogP contribution < -0.4 is 0 Å². The largest absolute Gasteiger partial charge is 0.378 e. The van der Waals surface area contributed by atoms with Crippen molar-refractivity contribution in [3.63, 3.8) is 0 Å². The molecule has 68 valence electrons. The monoisotopic (exact) mass is 175 g/mol. The molecule has 0 bridgehead atoms. The molecule has 0 aromatic heterocycles. The van der Waals surface area contributed by atoms with Gasteiger partial charge in [0.15, 0.2) is 0 Å². The summed E-state index contributed by atoms with van der Waals surface area (Å²) in [6, 6.07) is 7.40. The van der Waals surface area contributed by atoms with E-state index in [1.165, 1.54) is 0 Å². The lowest BCUT2D eigenvalue weighted by Gasteiger charge is -2.15. The second-order valence-corrected chi connectivity index (χ2v) is 3.08. The Morgan fingerprint density at radius 1 is 1.46 bits per heavy atom. The molecule has 0 spiro atoms. The van der Waals surface area contributed by atoms with Crippen LogP contribution in [0.5, 0.6) is 0 Å². The predicted octanol–water partition coefficient (Wildman–Crippen LogP) is 2.03. The summed E-state index contributed by atoms with van der Waals surface area (Å²) in [6.07, 6.45) is 0.840.